The van der Waals surface area contributed by atoms with Gasteiger partial charge in [0.1, 0.15) is 6.10 Å². The fraction of sp³-hybridized carbons (Fsp3) is 0.625. The van der Waals surface area contributed by atoms with Crippen LogP contribution in [0.4, 0.5) is 39.5 Å². The highest BCUT2D eigenvalue weighted by Crippen LogP contribution is 2.55. The van der Waals surface area contributed by atoms with E-state index in [1.165, 1.54) is 32.9 Å². The number of hydrogen-bond donors (Lipinski definition) is 0. The maximum atomic E-state index is 14.0. The lowest BCUT2D eigenvalue weighted by atomic mass is 9.95. The first-order valence-electron chi connectivity index (χ1n) is 7.62. The summed E-state index contributed by atoms with van der Waals surface area (Å²) in [6.45, 7) is 4.19. The minimum absolute atomic E-state index is 0.0439. The van der Waals surface area contributed by atoms with Crippen molar-refractivity contribution in [3.63, 3.8) is 0 Å². The lowest BCUT2D eigenvalue weighted by molar-refractivity contribution is -0.413. The van der Waals surface area contributed by atoms with Crippen molar-refractivity contribution >= 4 is 11.6 Å². The van der Waals surface area contributed by atoms with Gasteiger partial charge in [0.25, 0.3) is 0 Å². The maximum Gasteiger partial charge on any atom is 0.460 e. The zero-order chi connectivity index (χ0) is 22.2. The van der Waals surface area contributed by atoms with E-state index in [1.807, 2.05) is 0 Å². The molecule has 0 saturated carbocycles. The molecule has 12 heteroatoms. The van der Waals surface area contributed by atoms with Gasteiger partial charge in [0, 0.05) is 5.02 Å². The van der Waals surface area contributed by atoms with Crippen molar-refractivity contribution in [2.24, 2.45) is 0 Å². The van der Waals surface area contributed by atoms with E-state index < -0.39 is 42.1 Å². The molecule has 0 amide bonds. The van der Waals surface area contributed by atoms with E-state index in [0.717, 1.165) is 12.1 Å². The summed E-state index contributed by atoms with van der Waals surface area (Å²) < 4.78 is 118. The summed E-state index contributed by atoms with van der Waals surface area (Å²) in [4.78, 5) is 9.44. The van der Waals surface area contributed by atoms with Crippen LogP contribution >= 0.6 is 11.6 Å². The van der Waals surface area contributed by atoms with Crippen molar-refractivity contribution in [1.82, 2.24) is 0 Å². The lowest BCUT2D eigenvalue weighted by Gasteiger charge is -2.35. The predicted octanol–water partition coefficient (Wildman–Crippen LogP) is 6.99. The van der Waals surface area contributed by atoms with E-state index in [2.05, 4.69) is 4.89 Å². The molecule has 1 rings (SSSR count). The first kappa shape index (κ1) is 24.8. The van der Waals surface area contributed by atoms with Gasteiger partial charge in [-0.15, -0.1) is 0 Å². The van der Waals surface area contributed by atoms with Crippen molar-refractivity contribution < 1.29 is 49.3 Å². The molecular weight excluding hydrogens is 431 g/mol. The van der Waals surface area contributed by atoms with Gasteiger partial charge in [0.15, 0.2) is 0 Å². The Bertz CT molecular complexity index is 669. The zero-order valence-corrected chi connectivity index (χ0v) is 15.4. The fourth-order valence-corrected chi connectivity index (χ4v) is 2.08. The second-order valence-electron chi connectivity index (χ2n) is 6.89. The highest BCUT2D eigenvalue weighted by molar-refractivity contribution is 6.30. The standard InChI is InChI=1S/C16H16ClF9O2/c1-12(2,3)28-27-11(9-5-4-6-10(17)7-9)8-13(18,19)14(20,21)15(22,23)16(24,25)26/h4-7,11H,8H2,1-3H3. The summed E-state index contributed by atoms with van der Waals surface area (Å²) >= 11 is 5.67. The van der Waals surface area contributed by atoms with Crippen molar-refractivity contribution in [2.75, 3.05) is 0 Å². The molecule has 1 atom stereocenters. The fourth-order valence-electron chi connectivity index (χ4n) is 1.89. The van der Waals surface area contributed by atoms with Crippen LogP contribution in [-0.4, -0.2) is 29.5 Å². The quantitative estimate of drug-likeness (QED) is 0.255. The normalized spacial score (nSPS) is 15.6. The van der Waals surface area contributed by atoms with E-state index in [9.17, 15) is 39.5 Å². The van der Waals surface area contributed by atoms with Gasteiger partial charge >= 0.3 is 23.9 Å². The first-order valence-corrected chi connectivity index (χ1v) is 8.00. The summed E-state index contributed by atoms with van der Waals surface area (Å²) in [6.07, 6.45) is -11.3. The van der Waals surface area contributed by atoms with E-state index in [1.54, 1.807) is 0 Å². The molecule has 0 fully saturated rings. The van der Waals surface area contributed by atoms with Gasteiger partial charge in [-0.1, -0.05) is 23.7 Å². The number of hydrogen-bond acceptors (Lipinski definition) is 2. The summed E-state index contributed by atoms with van der Waals surface area (Å²) in [5.41, 5.74) is -1.42. The van der Waals surface area contributed by atoms with Crippen LogP contribution in [-0.2, 0) is 9.78 Å². The molecule has 1 aromatic carbocycles. The SMILES string of the molecule is CC(C)(C)OOC(CC(F)(F)C(F)(F)C(F)(F)C(F)(F)F)c1cccc(Cl)c1. The van der Waals surface area contributed by atoms with Crippen LogP contribution in [0, 0.1) is 0 Å². The molecule has 162 valence electrons. The number of alkyl halides is 9. The monoisotopic (exact) mass is 446 g/mol. The minimum atomic E-state index is -6.98. The third kappa shape index (κ3) is 5.44. The van der Waals surface area contributed by atoms with Gasteiger partial charge in [0.2, 0.25) is 0 Å². The molecule has 0 aliphatic carbocycles. The Labute approximate surface area is 159 Å². The Morgan fingerprint density at radius 3 is 1.86 bits per heavy atom. The topological polar surface area (TPSA) is 18.5 Å². The molecule has 0 radical (unpaired) electrons. The molecule has 28 heavy (non-hydrogen) atoms. The van der Waals surface area contributed by atoms with E-state index in [4.69, 9.17) is 16.5 Å². The molecule has 0 aliphatic rings. The Balaban J connectivity index is 3.28. The zero-order valence-electron chi connectivity index (χ0n) is 14.7. The molecule has 0 saturated heterocycles. The highest BCUT2D eigenvalue weighted by Gasteiger charge is 2.81. The lowest BCUT2D eigenvalue weighted by Crippen LogP contribution is -2.61. The molecule has 0 aromatic heterocycles. The van der Waals surface area contributed by atoms with E-state index in [-0.39, 0.29) is 10.6 Å². The summed E-state index contributed by atoms with van der Waals surface area (Å²) in [7, 11) is 0. The number of rotatable bonds is 7. The average Bonchev–Trinajstić information content (AvgIpc) is 2.49. The van der Waals surface area contributed by atoms with E-state index in [0.29, 0.717) is 0 Å². The van der Waals surface area contributed by atoms with E-state index >= 15 is 0 Å². The molecule has 0 bridgehead atoms. The van der Waals surface area contributed by atoms with Gasteiger partial charge in [-0.05, 0) is 38.5 Å². The average molecular weight is 447 g/mol. The third-order valence-corrected chi connectivity index (χ3v) is 3.52. The van der Waals surface area contributed by atoms with Crippen LogP contribution in [0.25, 0.3) is 0 Å². The summed E-state index contributed by atoms with van der Waals surface area (Å²) in [6, 6.07) is 4.58. The molecule has 0 aliphatic heterocycles. The van der Waals surface area contributed by atoms with Crippen LogP contribution < -0.4 is 0 Å². The number of halogens is 10. The van der Waals surface area contributed by atoms with Crippen molar-refractivity contribution in [2.45, 2.75) is 62.8 Å². The largest absolute Gasteiger partial charge is 0.460 e. The molecule has 0 heterocycles. The van der Waals surface area contributed by atoms with Gasteiger partial charge in [0.05, 0.1) is 12.0 Å². The van der Waals surface area contributed by atoms with Gasteiger partial charge < -0.3 is 0 Å². The van der Waals surface area contributed by atoms with Crippen molar-refractivity contribution in [3.8, 4) is 0 Å². The minimum Gasteiger partial charge on any atom is -0.230 e. The summed E-state index contributed by atoms with van der Waals surface area (Å²) in [5, 5.41) is -0.0439. The van der Waals surface area contributed by atoms with Crippen LogP contribution in [0.2, 0.25) is 5.02 Å². The van der Waals surface area contributed by atoms with Crippen LogP contribution in [0.5, 0.6) is 0 Å². The first-order chi connectivity index (χ1) is 12.3. The second kappa shape index (κ2) is 7.91. The smallest absolute Gasteiger partial charge is 0.230 e. The Kier molecular flexibility index (Phi) is 7.01. The number of benzene rings is 1. The van der Waals surface area contributed by atoms with Crippen LogP contribution in [0.15, 0.2) is 24.3 Å². The maximum absolute atomic E-state index is 14.0. The molecule has 2 nitrogen and oxygen atoms in total. The van der Waals surface area contributed by atoms with Crippen molar-refractivity contribution in [3.05, 3.63) is 34.9 Å². The van der Waals surface area contributed by atoms with Gasteiger partial charge in [-0.25, -0.2) is 9.78 Å². The molecule has 1 unspecified atom stereocenters. The Hall–Kier alpha value is -1.20. The van der Waals surface area contributed by atoms with Crippen molar-refractivity contribution in [1.29, 1.82) is 0 Å². The molecular formula is C16H16ClF9O2. The van der Waals surface area contributed by atoms with Gasteiger partial charge in [-0.3, -0.25) is 0 Å². The molecule has 1 aromatic rings. The summed E-state index contributed by atoms with van der Waals surface area (Å²) in [5.74, 6) is -19.5. The van der Waals surface area contributed by atoms with Crippen LogP contribution in [0.1, 0.15) is 38.9 Å². The van der Waals surface area contributed by atoms with Crippen LogP contribution in [0.3, 0.4) is 0 Å². The molecule has 0 N–H and O–H groups in total. The predicted molar refractivity (Wildman–Crippen MR) is 81.6 cm³/mol. The molecule has 0 spiro atoms. The third-order valence-electron chi connectivity index (χ3n) is 3.29. The Morgan fingerprint density at radius 2 is 1.43 bits per heavy atom. The second-order valence-corrected chi connectivity index (χ2v) is 7.33. The highest BCUT2D eigenvalue weighted by atomic mass is 35.5. The van der Waals surface area contributed by atoms with Gasteiger partial charge in [-0.2, -0.15) is 39.5 Å². The Morgan fingerprint density at radius 1 is 0.893 bits per heavy atom.